The van der Waals surface area contributed by atoms with Gasteiger partial charge in [0.25, 0.3) is 0 Å². The van der Waals surface area contributed by atoms with Crippen LogP contribution in [0.25, 0.3) is 0 Å². The average Bonchev–Trinajstić information content (AvgIpc) is 3.39. The fourth-order valence-electron chi connectivity index (χ4n) is 2.65. The van der Waals surface area contributed by atoms with Crippen molar-refractivity contribution in [2.24, 2.45) is 5.92 Å². The summed E-state index contributed by atoms with van der Waals surface area (Å²) in [4.78, 5) is 23.5. The summed E-state index contributed by atoms with van der Waals surface area (Å²) < 4.78 is 18.1. The molecule has 0 aliphatic heterocycles. The van der Waals surface area contributed by atoms with E-state index in [1.807, 2.05) is 30.3 Å². The van der Waals surface area contributed by atoms with Crippen molar-refractivity contribution in [2.45, 2.75) is 12.3 Å². The molecule has 2 atom stereocenters. The molecule has 1 saturated carbocycles. The Morgan fingerprint density at radius 2 is 1.88 bits per heavy atom. The number of benzene rings is 2. The van der Waals surface area contributed by atoms with E-state index in [0.717, 1.165) is 12.0 Å². The SMILES string of the molecule is COC(=O)Nc1cc(NC(=O)[C@@H]2C[C@H]2c2ccccc2)ccc1F. The molecule has 5 nitrogen and oxygen atoms in total. The van der Waals surface area contributed by atoms with Gasteiger partial charge in [-0.05, 0) is 36.1 Å². The van der Waals surface area contributed by atoms with Crippen molar-refractivity contribution < 1.29 is 18.7 Å². The Morgan fingerprint density at radius 3 is 2.58 bits per heavy atom. The molecular formula is C18H17FN2O3. The molecule has 1 fully saturated rings. The maximum Gasteiger partial charge on any atom is 0.411 e. The van der Waals surface area contributed by atoms with Crippen LogP contribution in [0.3, 0.4) is 0 Å². The summed E-state index contributed by atoms with van der Waals surface area (Å²) in [5.41, 5.74) is 1.52. The van der Waals surface area contributed by atoms with E-state index in [1.165, 1.54) is 25.3 Å². The number of amides is 2. The molecule has 6 heteroatoms. The minimum absolute atomic E-state index is 0.0462. The van der Waals surface area contributed by atoms with Gasteiger partial charge in [-0.1, -0.05) is 30.3 Å². The highest BCUT2D eigenvalue weighted by Crippen LogP contribution is 2.47. The second-order valence-corrected chi connectivity index (χ2v) is 5.66. The van der Waals surface area contributed by atoms with Crippen LogP contribution < -0.4 is 10.6 Å². The summed E-state index contributed by atoms with van der Waals surface area (Å²) in [6.07, 6.45) is 0.0216. The van der Waals surface area contributed by atoms with Crippen LogP contribution in [0.4, 0.5) is 20.6 Å². The normalized spacial score (nSPS) is 18.6. The monoisotopic (exact) mass is 328 g/mol. The first-order chi connectivity index (χ1) is 11.6. The summed E-state index contributed by atoms with van der Waals surface area (Å²) in [6, 6.07) is 13.9. The molecule has 2 N–H and O–H groups in total. The van der Waals surface area contributed by atoms with Crippen LogP contribution in [0, 0.1) is 11.7 Å². The first kappa shape index (κ1) is 16.0. The fourth-order valence-corrected chi connectivity index (χ4v) is 2.65. The zero-order valence-corrected chi connectivity index (χ0v) is 13.1. The molecule has 0 radical (unpaired) electrons. The average molecular weight is 328 g/mol. The molecule has 0 bridgehead atoms. The molecule has 0 heterocycles. The minimum Gasteiger partial charge on any atom is -0.453 e. The van der Waals surface area contributed by atoms with E-state index in [9.17, 15) is 14.0 Å². The third-order valence-corrected chi connectivity index (χ3v) is 4.01. The van der Waals surface area contributed by atoms with Crippen LogP contribution >= 0.6 is 0 Å². The third-order valence-electron chi connectivity index (χ3n) is 4.01. The lowest BCUT2D eigenvalue weighted by Gasteiger charge is -2.09. The molecule has 124 valence electrons. The second-order valence-electron chi connectivity index (χ2n) is 5.66. The Morgan fingerprint density at radius 1 is 1.12 bits per heavy atom. The Balaban J connectivity index is 1.65. The lowest BCUT2D eigenvalue weighted by atomic mass is 10.1. The highest BCUT2D eigenvalue weighted by molar-refractivity contribution is 5.96. The Labute approximate surface area is 138 Å². The summed E-state index contributed by atoms with van der Waals surface area (Å²) in [5, 5.41) is 5.03. The maximum absolute atomic E-state index is 13.7. The topological polar surface area (TPSA) is 67.4 Å². The molecule has 1 aliphatic carbocycles. The first-order valence-corrected chi connectivity index (χ1v) is 7.59. The van der Waals surface area contributed by atoms with Gasteiger partial charge in [0.1, 0.15) is 5.82 Å². The minimum atomic E-state index is -0.774. The predicted molar refractivity (Wildman–Crippen MR) is 88.3 cm³/mol. The molecule has 3 rings (SSSR count). The van der Waals surface area contributed by atoms with Crippen molar-refractivity contribution in [3.63, 3.8) is 0 Å². The summed E-state index contributed by atoms with van der Waals surface area (Å²) in [7, 11) is 1.19. The highest BCUT2D eigenvalue weighted by Gasteiger charge is 2.43. The van der Waals surface area contributed by atoms with Crippen LogP contribution in [0.2, 0.25) is 0 Å². The van der Waals surface area contributed by atoms with E-state index >= 15 is 0 Å². The third kappa shape index (κ3) is 3.53. The van der Waals surface area contributed by atoms with Crippen molar-refractivity contribution in [3.05, 3.63) is 59.9 Å². The van der Waals surface area contributed by atoms with Crippen molar-refractivity contribution >= 4 is 23.4 Å². The molecule has 2 amide bonds. The highest BCUT2D eigenvalue weighted by atomic mass is 19.1. The Kier molecular flexibility index (Phi) is 4.46. The summed E-state index contributed by atoms with van der Waals surface area (Å²) >= 11 is 0. The number of ether oxygens (including phenoxy) is 1. The largest absolute Gasteiger partial charge is 0.453 e. The number of methoxy groups -OCH3 is 1. The molecule has 0 aromatic heterocycles. The first-order valence-electron chi connectivity index (χ1n) is 7.59. The van der Waals surface area contributed by atoms with Crippen LogP contribution in [-0.2, 0) is 9.53 Å². The van der Waals surface area contributed by atoms with Crippen molar-refractivity contribution in [3.8, 4) is 0 Å². The summed E-state index contributed by atoms with van der Waals surface area (Å²) in [6.45, 7) is 0. The van der Waals surface area contributed by atoms with Gasteiger partial charge in [0.2, 0.25) is 5.91 Å². The van der Waals surface area contributed by atoms with Gasteiger partial charge in [-0.15, -0.1) is 0 Å². The van der Waals surface area contributed by atoms with E-state index in [4.69, 9.17) is 0 Å². The number of nitrogens with one attached hydrogen (secondary N) is 2. The molecular weight excluding hydrogens is 311 g/mol. The zero-order valence-electron chi connectivity index (χ0n) is 13.1. The molecule has 2 aromatic rings. The molecule has 24 heavy (non-hydrogen) atoms. The van der Waals surface area contributed by atoms with Gasteiger partial charge >= 0.3 is 6.09 Å². The number of hydrogen-bond donors (Lipinski definition) is 2. The maximum atomic E-state index is 13.7. The van der Waals surface area contributed by atoms with E-state index < -0.39 is 11.9 Å². The van der Waals surface area contributed by atoms with Gasteiger partial charge < -0.3 is 10.1 Å². The number of carbonyl (C=O) groups is 2. The molecule has 0 saturated heterocycles. The van der Waals surface area contributed by atoms with Gasteiger partial charge in [-0.3, -0.25) is 10.1 Å². The van der Waals surface area contributed by atoms with E-state index in [-0.39, 0.29) is 23.4 Å². The van der Waals surface area contributed by atoms with Crippen LogP contribution in [-0.4, -0.2) is 19.1 Å². The fraction of sp³-hybridized carbons (Fsp3) is 0.222. The van der Waals surface area contributed by atoms with Gasteiger partial charge in [0, 0.05) is 11.6 Å². The second kappa shape index (κ2) is 6.70. The van der Waals surface area contributed by atoms with Gasteiger partial charge in [-0.25, -0.2) is 9.18 Å². The Hall–Kier alpha value is -2.89. The van der Waals surface area contributed by atoms with Crippen molar-refractivity contribution in [1.82, 2.24) is 0 Å². The lowest BCUT2D eigenvalue weighted by molar-refractivity contribution is -0.117. The predicted octanol–water partition coefficient (Wildman–Crippen LogP) is 3.75. The quantitative estimate of drug-likeness (QED) is 0.898. The molecule has 1 aliphatic rings. The van der Waals surface area contributed by atoms with Crippen LogP contribution in [0.1, 0.15) is 17.9 Å². The standard InChI is InChI=1S/C18H17FN2O3/c1-24-18(23)21-16-9-12(7-8-15(16)19)20-17(22)14-10-13(14)11-5-3-2-4-6-11/h2-9,13-14H,10H2,1H3,(H,20,22)(H,21,23)/t13-,14+/m0/s1. The van der Waals surface area contributed by atoms with E-state index in [2.05, 4.69) is 15.4 Å². The summed E-state index contributed by atoms with van der Waals surface area (Å²) in [5.74, 6) is -0.583. The van der Waals surface area contributed by atoms with Crippen LogP contribution in [0.15, 0.2) is 48.5 Å². The zero-order chi connectivity index (χ0) is 17.1. The number of halogens is 1. The van der Waals surface area contributed by atoms with Gasteiger partial charge in [-0.2, -0.15) is 0 Å². The molecule has 0 unspecified atom stereocenters. The lowest BCUT2D eigenvalue weighted by Crippen LogP contribution is -2.16. The van der Waals surface area contributed by atoms with Gasteiger partial charge in [0.15, 0.2) is 0 Å². The van der Waals surface area contributed by atoms with Crippen LogP contribution in [0.5, 0.6) is 0 Å². The van der Waals surface area contributed by atoms with Crippen molar-refractivity contribution in [2.75, 3.05) is 17.7 Å². The number of rotatable bonds is 4. The Bertz CT molecular complexity index is 764. The molecule has 2 aromatic carbocycles. The van der Waals surface area contributed by atoms with Gasteiger partial charge in [0.05, 0.1) is 12.8 Å². The van der Waals surface area contributed by atoms with E-state index in [1.54, 1.807) is 0 Å². The number of anilines is 2. The molecule has 0 spiro atoms. The number of carbonyl (C=O) groups excluding carboxylic acids is 2. The van der Waals surface area contributed by atoms with E-state index in [0.29, 0.717) is 5.69 Å². The van der Waals surface area contributed by atoms with Crippen molar-refractivity contribution in [1.29, 1.82) is 0 Å². The smallest absolute Gasteiger partial charge is 0.411 e. The number of hydrogen-bond acceptors (Lipinski definition) is 3.